The molecule has 2 rings (SSSR count). The van der Waals surface area contributed by atoms with E-state index in [1.54, 1.807) is 11.3 Å². The van der Waals surface area contributed by atoms with Crippen molar-refractivity contribution in [2.75, 3.05) is 26.7 Å². The van der Waals surface area contributed by atoms with Crippen LogP contribution in [0, 0.1) is 0 Å². The number of piperidine rings is 1. The van der Waals surface area contributed by atoms with E-state index in [-0.39, 0.29) is 5.54 Å². The summed E-state index contributed by atoms with van der Waals surface area (Å²) in [4.78, 5) is 6.30. The molecule has 3 nitrogen and oxygen atoms in total. The smallest absolute Gasteiger partial charge is 0.0931 e. The van der Waals surface area contributed by atoms with Crippen LogP contribution in [-0.2, 0) is 6.54 Å². The standard InChI is InChI=1S/C15H26ClN3S/c1-12(2)19-8-6-15(11-17,7-9-19)18(3)10-13-4-5-14(16)20-13/h4-5,12H,6-11,17H2,1-3H3. The van der Waals surface area contributed by atoms with E-state index in [9.17, 15) is 0 Å². The van der Waals surface area contributed by atoms with Crippen molar-refractivity contribution < 1.29 is 0 Å². The van der Waals surface area contributed by atoms with Crippen LogP contribution in [0.4, 0.5) is 0 Å². The van der Waals surface area contributed by atoms with Gasteiger partial charge in [-0.1, -0.05) is 11.6 Å². The second kappa shape index (κ2) is 6.75. The molecule has 5 heteroatoms. The highest BCUT2D eigenvalue weighted by atomic mass is 35.5. The van der Waals surface area contributed by atoms with Crippen LogP contribution in [0.15, 0.2) is 12.1 Å². The molecule has 0 amide bonds. The zero-order valence-electron chi connectivity index (χ0n) is 12.7. The van der Waals surface area contributed by atoms with Gasteiger partial charge in [0, 0.05) is 42.6 Å². The maximum atomic E-state index is 6.14. The van der Waals surface area contributed by atoms with Crippen molar-refractivity contribution in [3.8, 4) is 0 Å². The molecule has 1 saturated heterocycles. The number of halogens is 1. The maximum absolute atomic E-state index is 6.14. The maximum Gasteiger partial charge on any atom is 0.0931 e. The lowest BCUT2D eigenvalue weighted by Gasteiger charge is -2.47. The van der Waals surface area contributed by atoms with Gasteiger partial charge in [0.15, 0.2) is 0 Å². The third-order valence-electron chi connectivity index (χ3n) is 4.67. The van der Waals surface area contributed by atoms with Gasteiger partial charge < -0.3 is 10.6 Å². The molecule has 0 spiro atoms. The van der Waals surface area contributed by atoms with E-state index in [1.807, 2.05) is 6.07 Å². The Kier molecular flexibility index (Phi) is 5.49. The van der Waals surface area contributed by atoms with E-state index >= 15 is 0 Å². The molecule has 2 heterocycles. The van der Waals surface area contributed by atoms with Gasteiger partial charge in [0.2, 0.25) is 0 Å². The van der Waals surface area contributed by atoms with Crippen LogP contribution < -0.4 is 5.73 Å². The van der Waals surface area contributed by atoms with Gasteiger partial charge in [-0.25, -0.2) is 0 Å². The largest absolute Gasteiger partial charge is 0.329 e. The molecule has 1 aliphatic rings. The first-order valence-corrected chi connectivity index (χ1v) is 8.56. The quantitative estimate of drug-likeness (QED) is 0.906. The molecule has 2 N–H and O–H groups in total. The van der Waals surface area contributed by atoms with Gasteiger partial charge in [0.05, 0.1) is 4.34 Å². The fourth-order valence-electron chi connectivity index (χ4n) is 3.04. The van der Waals surface area contributed by atoms with Crippen molar-refractivity contribution in [1.29, 1.82) is 0 Å². The first-order chi connectivity index (χ1) is 9.47. The zero-order valence-corrected chi connectivity index (χ0v) is 14.3. The summed E-state index contributed by atoms with van der Waals surface area (Å²) < 4.78 is 0.866. The molecule has 0 atom stereocenters. The SMILES string of the molecule is CC(C)N1CCC(CN)(N(C)Cc2ccc(Cl)s2)CC1. The summed E-state index contributed by atoms with van der Waals surface area (Å²) in [6.07, 6.45) is 2.30. The Bertz CT molecular complexity index is 425. The Hall–Kier alpha value is -0.130. The van der Waals surface area contributed by atoms with Crippen LogP contribution in [0.5, 0.6) is 0 Å². The number of likely N-dealkylation sites (tertiary alicyclic amines) is 1. The molecule has 0 saturated carbocycles. The van der Waals surface area contributed by atoms with Gasteiger partial charge in [-0.3, -0.25) is 4.90 Å². The van der Waals surface area contributed by atoms with E-state index in [0.717, 1.165) is 43.4 Å². The van der Waals surface area contributed by atoms with Crippen LogP contribution in [-0.4, -0.2) is 48.1 Å². The minimum Gasteiger partial charge on any atom is -0.329 e. The van der Waals surface area contributed by atoms with E-state index in [2.05, 4.69) is 36.8 Å². The predicted molar refractivity (Wildman–Crippen MR) is 88.5 cm³/mol. The second-order valence-electron chi connectivity index (χ2n) is 6.12. The third kappa shape index (κ3) is 3.55. The average Bonchev–Trinajstić information content (AvgIpc) is 2.84. The van der Waals surface area contributed by atoms with Gasteiger partial charge in [0.1, 0.15) is 0 Å². The van der Waals surface area contributed by atoms with Gasteiger partial charge in [-0.05, 0) is 45.9 Å². The molecule has 0 radical (unpaired) electrons. The molecule has 0 aliphatic carbocycles. The minimum atomic E-state index is 0.141. The van der Waals surface area contributed by atoms with Crippen LogP contribution in [0.1, 0.15) is 31.6 Å². The number of rotatable bonds is 5. The molecule has 1 aliphatic heterocycles. The first kappa shape index (κ1) is 16.2. The lowest BCUT2D eigenvalue weighted by molar-refractivity contribution is 0.0303. The highest BCUT2D eigenvalue weighted by molar-refractivity contribution is 7.16. The number of hydrogen-bond donors (Lipinski definition) is 1. The highest BCUT2D eigenvalue weighted by Crippen LogP contribution is 2.31. The van der Waals surface area contributed by atoms with E-state index in [4.69, 9.17) is 17.3 Å². The molecule has 1 fully saturated rings. The molecule has 114 valence electrons. The molecular weight excluding hydrogens is 290 g/mol. The monoisotopic (exact) mass is 315 g/mol. The first-order valence-electron chi connectivity index (χ1n) is 7.36. The molecular formula is C15H26ClN3S. The van der Waals surface area contributed by atoms with Gasteiger partial charge >= 0.3 is 0 Å². The average molecular weight is 316 g/mol. The van der Waals surface area contributed by atoms with Gasteiger partial charge in [0.25, 0.3) is 0 Å². The van der Waals surface area contributed by atoms with Crippen molar-refractivity contribution in [2.24, 2.45) is 5.73 Å². The van der Waals surface area contributed by atoms with Crippen LogP contribution >= 0.6 is 22.9 Å². The minimum absolute atomic E-state index is 0.141. The fourth-order valence-corrected chi connectivity index (χ4v) is 4.18. The molecule has 1 aromatic rings. The summed E-state index contributed by atoms with van der Waals surface area (Å²) in [5.41, 5.74) is 6.28. The number of nitrogens with two attached hydrogens (primary N) is 1. The van der Waals surface area contributed by atoms with Crippen molar-refractivity contribution in [3.05, 3.63) is 21.3 Å². The van der Waals surface area contributed by atoms with Gasteiger partial charge in [-0.15, -0.1) is 11.3 Å². The molecule has 0 bridgehead atoms. The normalized spacial score (nSPS) is 19.9. The van der Waals surface area contributed by atoms with E-state index in [1.165, 1.54) is 4.88 Å². The second-order valence-corrected chi connectivity index (χ2v) is 7.92. The van der Waals surface area contributed by atoms with Crippen molar-refractivity contribution in [3.63, 3.8) is 0 Å². The van der Waals surface area contributed by atoms with Crippen LogP contribution in [0.2, 0.25) is 4.34 Å². The number of hydrogen-bond acceptors (Lipinski definition) is 4. The van der Waals surface area contributed by atoms with Gasteiger partial charge in [-0.2, -0.15) is 0 Å². The number of thiophene rings is 1. The topological polar surface area (TPSA) is 32.5 Å². The summed E-state index contributed by atoms with van der Waals surface area (Å²) in [5, 5.41) is 0. The Balaban J connectivity index is 2.00. The zero-order chi connectivity index (χ0) is 14.8. The summed E-state index contributed by atoms with van der Waals surface area (Å²) >= 11 is 7.69. The summed E-state index contributed by atoms with van der Waals surface area (Å²) in [5.74, 6) is 0. The van der Waals surface area contributed by atoms with Crippen LogP contribution in [0.3, 0.4) is 0 Å². The molecule has 0 unspecified atom stereocenters. The van der Waals surface area contributed by atoms with Crippen molar-refractivity contribution in [2.45, 2.75) is 44.8 Å². The lowest BCUT2D eigenvalue weighted by Crippen LogP contribution is -2.58. The van der Waals surface area contributed by atoms with E-state index in [0.29, 0.717) is 6.04 Å². The highest BCUT2D eigenvalue weighted by Gasteiger charge is 2.37. The Morgan fingerprint density at radius 2 is 2.05 bits per heavy atom. The van der Waals surface area contributed by atoms with Crippen molar-refractivity contribution >= 4 is 22.9 Å². The molecule has 0 aromatic carbocycles. The predicted octanol–water partition coefficient (Wildman–Crippen LogP) is 3.04. The third-order valence-corrected chi connectivity index (χ3v) is 5.89. The molecule has 20 heavy (non-hydrogen) atoms. The Labute approximate surface area is 131 Å². The summed E-state index contributed by atoms with van der Waals surface area (Å²) in [7, 11) is 2.20. The Morgan fingerprint density at radius 3 is 2.50 bits per heavy atom. The van der Waals surface area contributed by atoms with Crippen LogP contribution in [0.25, 0.3) is 0 Å². The van der Waals surface area contributed by atoms with E-state index < -0.39 is 0 Å². The summed E-state index contributed by atoms with van der Waals surface area (Å²) in [6.45, 7) is 8.50. The fraction of sp³-hybridized carbons (Fsp3) is 0.733. The number of likely N-dealkylation sites (N-methyl/N-ethyl adjacent to an activating group) is 1. The molecule has 1 aromatic heterocycles. The number of nitrogens with zero attached hydrogens (tertiary/aromatic N) is 2. The lowest BCUT2D eigenvalue weighted by atomic mass is 9.85. The summed E-state index contributed by atoms with van der Waals surface area (Å²) in [6, 6.07) is 4.73. The Morgan fingerprint density at radius 1 is 1.40 bits per heavy atom. The van der Waals surface area contributed by atoms with Crippen molar-refractivity contribution in [1.82, 2.24) is 9.80 Å².